The van der Waals surface area contributed by atoms with Crippen LogP contribution in [-0.4, -0.2) is 28.7 Å². The lowest BCUT2D eigenvalue weighted by Gasteiger charge is -2.24. The number of nitrogens with zero attached hydrogens (tertiary/aromatic N) is 2. The minimum atomic E-state index is -0.682. The number of carbonyl (C=O) groups excluding carboxylic acids is 1. The second kappa shape index (κ2) is 9.25. The molecule has 0 bridgehead atoms. The lowest BCUT2D eigenvalue weighted by molar-refractivity contribution is -0.127. The Morgan fingerprint density at radius 2 is 1.77 bits per heavy atom. The number of aryl methyl sites for hydroxylation is 1. The van der Waals surface area contributed by atoms with Gasteiger partial charge in [0.05, 0.1) is 7.11 Å². The quantitative estimate of drug-likeness (QED) is 0.614. The molecule has 6 heteroatoms. The molecule has 1 amide bonds. The first-order valence-electron chi connectivity index (χ1n) is 10.4. The number of carbonyl (C=O) groups is 1. The predicted molar refractivity (Wildman–Crippen MR) is 121 cm³/mol. The summed E-state index contributed by atoms with van der Waals surface area (Å²) in [5.41, 5.74) is 2.10. The van der Waals surface area contributed by atoms with Crippen LogP contribution in [0.3, 0.4) is 0 Å². The molecular weight excluding hydrogens is 390 g/mol. The molecule has 0 radical (unpaired) electrons. The van der Waals surface area contributed by atoms with Gasteiger partial charge < -0.3 is 19.4 Å². The number of ether oxygens (including phenoxy) is 2. The van der Waals surface area contributed by atoms with Crippen molar-refractivity contribution >= 4 is 5.91 Å². The molecule has 1 heterocycles. The van der Waals surface area contributed by atoms with Gasteiger partial charge in [0, 0.05) is 25.0 Å². The average molecular weight is 422 g/mol. The average Bonchev–Trinajstić information content (AvgIpc) is 3.17. The molecule has 0 fully saturated rings. The molecule has 0 aliphatic carbocycles. The second-order valence-electron chi connectivity index (χ2n) is 8.61. The summed E-state index contributed by atoms with van der Waals surface area (Å²) < 4.78 is 13.3. The highest BCUT2D eigenvalue weighted by molar-refractivity contribution is 5.81. The first-order chi connectivity index (χ1) is 14.7. The summed E-state index contributed by atoms with van der Waals surface area (Å²) in [6.07, 6.45) is 2.87. The van der Waals surface area contributed by atoms with Crippen molar-refractivity contribution in [2.45, 2.75) is 45.3 Å². The maximum Gasteiger partial charge on any atom is 0.261 e. The molecule has 1 aromatic heterocycles. The molecule has 2 unspecified atom stereocenters. The fraction of sp³-hybridized carbons (Fsp3) is 0.360. The number of hydrogen-bond donors (Lipinski definition) is 1. The summed E-state index contributed by atoms with van der Waals surface area (Å²) in [6, 6.07) is 15.0. The van der Waals surface area contributed by atoms with Gasteiger partial charge in [-0.1, -0.05) is 51.1 Å². The molecule has 6 nitrogen and oxygen atoms in total. The van der Waals surface area contributed by atoms with Crippen molar-refractivity contribution in [1.82, 2.24) is 14.9 Å². The highest BCUT2D eigenvalue weighted by atomic mass is 16.5. The third-order valence-electron chi connectivity index (χ3n) is 5.26. The number of benzene rings is 2. The van der Waals surface area contributed by atoms with Crippen molar-refractivity contribution < 1.29 is 14.3 Å². The van der Waals surface area contributed by atoms with Crippen LogP contribution in [0.5, 0.6) is 11.5 Å². The first-order valence-corrected chi connectivity index (χ1v) is 10.4. The Labute approximate surface area is 184 Å². The smallest absolute Gasteiger partial charge is 0.261 e. The molecular formula is C25H31N3O3. The van der Waals surface area contributed by atoms with E-state index in [-0.39, 0.29) is 11.3 Å². The van der Waals surface area contributed by atoms with Crippen molar-refractivity contribution in [2.75, 3.05) is 7.11 Å². The van der Waals surface area contributed by atoms with E-state index < -0.39 is 12.1 Å². The van der Waals surface area contributed by atoms with Crippen LogP contribution in [0, 0.1) is 0 Å². The zero-order chi connectivity index (χ0) is 22.6. The van der Waals surface area contributed by atoms with Crippen molar-refractivity contribution in [3.05, 3.63) is 77.9 Å². The van der Waals surface area contributed by atoms with Gasteiger partial charge in [0.25, 0.3) is 5.91 Å². The lowest BCUT2D eigenvalue weighted by atomic mass is 9.87. The molecule has 0 spiro atoms. The fourth-order valence-electron chi connectivity index (χ4n) is 3.39. The summed E-state index contributed by atoms with van der Waals surface area (Å²) in [5, 5.41) is 3.08. The number of rotatable bonds is 7. The Hall–Kier alpha value is -3.28. The molecule has 0 aliphatic rings. The van der Waals surface area contributed by atoms with Crippen molar-refractivity contribution in [2.24, 2.45) is 7.05 Å². The highest BCUT2D eigenvalue weighted by Gasteiger charge is 2.26. The van der Waals surface area contributed by atoms with E-state index in [4.69, 9.17) is 9.47 Å². The summed E-state index contributed by atoms with van der Waals surface area (Å²) in [5.74, 6) is 1.81. The second-order valence-corrected chi connectivity index (χ2v) is 8.61. The number of nitrogens with one attached hydrogen (secondary N) is 1. The van der Waals surface area contributed by atoms with Crippen LogP contribution in [0.15, 0.2) is 60.9 Å². The number of hydrogen-bond acceptors (Lipinski definition) is 4. The molecule has 1 N–H and O–H groups in total. The van der Waals surface area contributed by atoms with E-state index in [9.17, 15) is 4.79 Å². The zero-order valence-electron chi connectivity index (χ0n) is 19.0. The third kappa shape index (κ3) is 5.26. The van der Waals surface area contributed by atoms with E-state index in [1.807, 2.05) is 66.3 Å². The van der Waals surface area contributed by atoms with Crippen LogP contribution >= 0.6 is 0 Å². The monoisotopic (exact) mass is 421 g/mol. The minimum Gasteiger partial charge on any atom is -0.496 e. The van der Waals surface area contributed by atoms with Crippen molar-refractivity contribution in [1.29, 1.82) is 0 Å². The van der Waals surface area contributed by atoms with E-state index in [2.05, 4.69) is 31.1 Å². The summed E-state index contributed by atoms with van der Waals surface area (Å²) in [4.78, 5) is 17.5. The third-order valence-corrected chi connectivity index (χ3v) is 5.26. The van der Waals surface area contributed by atoms with Crippen molar-refractivity contribution in [3.63, 3.8) is 0 Å². The predicted octanol–water partition coefficient (Wildman–Crippen LogP) is 4.40. The molecule has 2 aromatic carbocycles. The van der Waals surface area contributed by atoms with Gasteiger partial charge in [0.2, 0.25) is 0 Å². The normalized spacial score (nSPS) is 13.4. The molecule has 2 atom stereocenters. The number of para-hydroxylation sites is 1. The maximum atomic E-state index is 13.0. The van der Waals surface area contributed by atoms with Gasteiger partial charge in [-0.3, -0.25) is 4.79 Å². The number of methoxy groups -OCH3 is 1. The number of aromatic nitrogens is 2. The Balaban J connectivity index is 1.79. The topological polar surface area (TPSA) is 65.4 Å². The lowest BCUT2D eigenvalue weighted by Crippen LogP contribution is -2.40. The summed E-state index contributed by atoms with van der Waals surface area (Å²) in [6.45, 7) is 8.22. The highest BCUT2D eigenvalue weighted by Crippen LogP contribution is 2.29. The molecule has 3 aromatic rings. The Bertz CT molecular complexity index is 1020. The Morgan fingerprint density at radius 1 is 1.10 bits per heavy atom. The van der Waals surface area contributed by atoms with E-state index in [0.29, 0.717) is 17.3 Å². The molecule has 0 aliphatic heterocycles. The largest absolute Gasteiger partial charge is 0.496 e. The Kier molecular flexibility index (Phi) is 6.68. The minimum absolute atomic E-state index is 0.0611. The standard InChI is InChI=1S/C25H31N3O3/c1-17(31-19-13-11-18(12-14-19)25(2,3)4)24(29)27-22(23-26-15-16-28(23)5)20-9-7-8-10-21(20)30-6/h7-17,22H,1-6H3,(H,27,29). The van der Waals surface area contributed by atoms with E-state index in [1.165, 1.54) is 5.56 Å². The van der Waals surface area contributed by atoms with Gasteiger partial charge in [-0.15, -0.1) is 0 Å². The van der Waals surface area contributed by atoms with Crippen LogP contribution in [-0.2, 0) is 17.3 Å². The summed E-state index contributed by atoms with van der Waals surface area (Å²) in [7, 11) is 3.51. The van der Waals surface area contributed by atoms with Crippen LogP contribution in [0.1, 0.15) is 50.7 Å². The molecule has 164 valence electrons. The van der Waals surface area contributed by atoms with Gasteiger partial charge in [-0.05, 0) is 36.1 Å². The van der Waals surface area contributed by atoms with E-state index >= 15 is 0 Å². The van der Waals surface area contributed by atoms with Gasteiger partial charge in [0.1, 0.15) is 23.4 Å². The van der Waals surface area contributed by atoms with Gasteiger partial charge in [-0.25, -0.2) is 4.98 Å². The molecule has 0 saturated carbocycles. The van der Waals surface area contributed by atoms with Crippen LogP contribution in [0.2, 0.25) is 0 Å². The zero-order valence-corrected chi connectivity index (χ0v) is 19.0. The number of imidazole rings is 1. The van der Waals surface area contributed by atoms with E-state index in [1.54, 1.807) is 20.2 Å². The molecule has 0 saturated heterocycles. The van der Waals surface area contributed by atoms with Crippen molar-refractivity contribution in [3.8, 4) is 11.5 Å². The van der Waals surface area contributed by atoms with Crippen LogP contribution in [0.25, 0.3) is 0 Å². The Morgan fingerprint density at radius 3 is 2.35 bits per heavy atom. The fourth-order valence-corrected chi connectivity index (χ4v) is 3.39. The van der Waals surface area contributed by atoms with Gasteiger partial charge in [-0.2, -0.15) is 0 Å². The van der Waals surface area contributed by atoms with Gasteiger partial charge in [0.15, 0.2) is 6.10 Å². The SMILES string of the molecule is COc1ccccc1C(NC(=O)C(C)Oc1ccc(C(C)(C)C)cc1)c1nccn1C. The van der Waals surface area contributed by atoms with Crippen LogP contribution in [0.4, 0.5) is 0 Å². The maximum absolute atomic E-state index is 13.0. The van der Waals surface area contributed by atoms with Crippen LogP contribution < -0.4 is 14.8 Å². The number of amides is 1. The van der Waals surface area contributed by atoms with E-state index in [0.717, 1.165) is 5.56 Å². The van der Waals surface area contributed by atoms with Gasteiger partial charge >= 0.3 is 0 Å². The molecule has 3 rings (SSSR count). The summed E-state index contributed by atoms with van der Waals surface area (Å²) >= 11 is 0. The first kappa shape index (κ1) is 22.4. The molecule has 31 heavy (non-hydrogen) atoms.